The van der Waals surface area contributed by atoms with E-state index in [-0.39, 0.29) is 12.8 Å². The second-order valence-electron chi connectivity index (χ2n) is 6.57. The van der Waals surface area contributed by atoms with Crippen molar-refractivity contribution in [1.29, 1.82) is 0 Å². The van der Waals surface area contributed by atoms with Crippen LogP contribution in [0.4, 0.5) is 9.59 Å². The van der Waals surface area contributed by atoms with Gasteiger partial charge in [-0.1, -0.05) is 13.8 Å². The minimum absolute atomic E-state index is 0.105. The lowest BCUT2D eigenvalue weighted by atomic mass is 10.0. The second-order valence-corrected chi connectivity index (χ2v) is 8.16. The summed E-state index contributed by atoms with van der Waals surface area (Å²) in [5.41, 5.74) is 0. The molecule has 0 saturated heterocycles. The first-order valence-electron chi connectivity index (χ1n) is 9.23. The van der Waals surface area contributed by atoms with Gasteiger partial charge in [0.25, 0.3) is 0 Å². The highest BCUT2D eigenvalue weighted by Crippen LogP contribution is 2.31. The van der Waals surface area contributed by atoms with Gasteiger partial charge in [-0.3, -0.25) is 9.59 Å². The molecule has 0 saturated carbocycles. The lowest BCUT2D eigenvalue weighted by Crippen LogP contribution is -2.54. The summed E-state index contributed by atoms with van der Waals surface area (Å²) in [6, 6.07) is -1.31. The largest absolute Gasteiger partial charge is 0.461 e. The number of hydrogen-bond acceptors (Lipinski definition) is 11. The average Bonchev–Trinajstić information content (AvgIpc) is 2.64. The standard InChI is InChI=1S/C18H29NO10S/c1-7-12(20)25-9-27-16(23)19-14(15(22)29-11(3)4)18(5,6)30-17(24)28-10-26-13(21)8-2/h11,14H,7-10H2,1-6H3,(H,19,23)/t14-/m0/s1. The Morgan fingerprint density at radius 3 is 1.83 bits per heavy atom. The Morgan fingerprint density at radius 1 is 0.867 bits per heavy atom. The molecule has 1 amide bonds. The smallest absolute Gasteiger partial charge is 0.410 e. The van der Waals surface area contributed by atoms with Crippen LogP contribution in [0.3, 0.4) is 0 Å². The van der Waals surface area contributed by atoms with Gasteiger partial charge in [0, 0.05) is 12.8 Å². The van der Waals surface area contributed by atoms with Gasteiger partial charge in [0.2, 0.25) is 13.6 Å². The van der Waals surface area contributed by atoms with E-state index in [1.54, 1.807) is 27.7 Å². The number of thioether (sulfide) groups is 1. The van der Waals surface area contributed by atoms with Crippen molar-refractivity contribution < 1.29 is 47.7 Å². The molecule has 172 valence electrons. The van der Waals surface area contributed by atoms with Gasteiger partial charge in [0.05, 0.1) is 10.9 Å². The highest BCUT2D eigenvalue weighted by molar-refractivity contribution is 8.14. The average molecular weight is 451 g/mol. The topological polar surface area (TPSA) is 144 Å². The molecule has 0 aromatic carbocycles. The summed E-state index contributed by atoms with van der Waals surface area (Å²) in [5.74, 6) is -1.92. The Hall–Kier alpha value is -2.50. The molecule has 0 aromatic heterocycles. The highest BCUT2D eigenvalue weighted by atomic mass is 32.2. The molecule has 0 aliphatic carbocycles. The summed E-state index contributed by atoms with van der Waals surface area (Å²) in [5, 5.41) is 1.47. The van der Waals surface area contributed by atoms with E-state index < -0.39 is 59.8 Å². The van der Waals surface area contributed by atoms with E-state index in [9.17, 15) is 24.0 Å². The molecule has 0 heterocycles. The molecule has 12 heteroatoms. The Balaban J connectivity index is 5.03. The Morgan fingerprint density at radius 2 is 1.37 bits per heavy atom. The molecule has 0 aromatic rings. The molecule has 0 unspecified atom stereocenters. The Bertz CT molecular complexity index is 620. The molecule has 0 aliphatic heterocycles. The first kappa shape index (κ1) is 27.5. The van der Waals surface area contributed by atoms with Crippen LogP contribution < -0.4 is 5.32 Å². The lowest BCUT2D eigenvalue weighted by Gasteiger charge is -2.31. The van der Waals surface area contributed by atoms with Gasteiger partial charge in [-0.2, -0.15) is 0 Å². The van der Waals surface area contributed by atoms with Crippen LogP contribution in [0.5, 0.6) is 0 Å². The molecule has 11 nitrogen and oxygen atoms in total. The van der Waals surface area contributed by atoms with E-state index in [4.69, 9.17) is 14.2 Å². The molecule has 1 N–H and O–H groups in total. The molecular formula is C18H29NO10S. The van der Waals surface area contributed by atoms with Gasteiger partial charge >= 0.3 is 29.3 Å². The predicted molar refractivity (Wildman–Crippen MR) is 105 cm³/mol. The fraction of sp³-hybridized carbons (Fsp3) is 0.722. The van der Waals surface area contributed by atoms with Gasteiger partial charge in [0.15, 0.2) is 0 Å². The first-order valence-corrected chi connectivity index (χ1v) is 10.0. The monoisotopic (exact) mass is 451 g/mol. The number of rotatable bonds is 11. The summed E-state index contributed by atoms with van der Waals surface area (Å²) < 4.78 is 22.7. The minimum atomic E-state index is -1.31. The highest BCUT2D eigenvalue weighted by Gasteiger charge is 2.41. The van der Waals surface area contributed by atoms with E-state index in [0.717, 1.165) is 0 Å². The molecule has 0 fully saturated rings. The van der Waals surface area contributed by atoms with Crippen molar-refractivity contribution in [3.8, 4) is 0 Å². The van der Waals surface area contributed by atoms with Crippen LogP contribution in [0.25, 0.3) is 0 Å². The van der Waals surface area contributed by atoms with Crippen molar-refractivity contribution in [2.24, 2.45) is 0 Å². The summed E-state index contributed by atoms with van der Waals surface area (Å²) in [7, 11) is 0. The molecule has 0 radical (unpaired) electrons. The number of amides is 1. The quantitative estimate of drug-likeness (QED) is 0.281. The molecule has 0 spiro atoms. The van der Waals surface area contributed by atoms with Crippen LogP contribution >= 0.6 is 11.8 Å². The first-order chi connectivity index (χ1) is 13.9. The van der Waals surface area contributed by atoms with E-state index >= 15 is 0 Å². The van der Waals surface area contributed by atoms with Crippen LogP contribution in [0.15, 0.2) is 0 Å². The van der Waals surface area contributed by atoms with E-state index in [1.807, 2.05) is 0 Å². The van der Waals surface area contributed by atoms with Crippen molar-refractivity contribution in [1.82, 2.24) is 5.32 Å². The van der Waals surface area contributed by atoms with Crippen molar-refractivity contribution >= 4 is 41.1 Å². The van der Waals surface area contributed by atoms with Crippen LogP contribution in [0.1, 0.15) is 54.4 Å². The summed E-state index contributed by atoms with van der Waals surface area (Å²) in [4.78, 5) is 58.7. The van der Waals surface area contributed by atoms with Crippen LogP contribution in [0.2, 0.25) is 0 Å². The SMILES string of the molecule is CCC(=O)OCOC(=O)N[C@@H](C(=O)OC(C)C)C(C)(C)SC(=O)OCOC(=O)CC. The third-order valence-corrected chi connectivity index (χ3v) is 4.32. The zero-order valence-electron chi connectivity index (χ0n) is 18.0. The summed E-state index contributed by atoms with van der Waals surface area (Å²) in [6.45, 7) is 8.18. The number of alkyl carbamates (subject to hydrolysis) is 1. The fourth-order valence-corrected chi connectivity index (χ4v) is 2.59. The maximum atomic E-state index is 12.5. The maximum Gasteiger partial charge on any atom is 0.410 e. The van der Waals surface area contributed by atoms with Crippen molar-refractivity contribution in [3.05, 3.63) is 0 Å². The van der Waals surface area contributed by atoms with Crippen LogP contribution in [0, 0.1) is 0 Å². The molecule has 30 heavy (non-hydrogen) atoms. The van der Waals surface area contributed by atoms with E-state index in [2.05, 4.69) is 14.8 Å². The van der Waals surface area contributed by atoms with Gasteiger partial charge in [-0.15, -0.1) is 0 Å². The lowest BCUT2D eigenvalue weighted by molar-refractivity contribution is -0.153. The zero-order chi connectivity index (χ0) is 23.3. The summed E-state index contributed by atoms with van der Waals surface area (Å²) >= 11 is 0.590. The normalized spacial score (nSPS) is 11.8. The van der Waals surface area contributed by atoms with E-state index in [0.29, 0.717) is 11.8 Å². The van der Waals surface area contributed by atoms with Crippen LogP contribution in [-0.4, -0.2) is 59.8 Å². The molecule has 0 bridgehead atoms. The fourth-order valence-electron chi connectivity index (χ4n) is 1.78. The van der Waals surface area contributed by atoms with Gasteiger partial charge in [-0.05, 0) is 39.5 Å². The number of hydrogen-bond donors (Lipinski definition) is 1. The van der Waals surface area contributed by atoms with Crippen molar-refractivity contribution in [2.45, 2.75) is 71.3 Å². The number of nitrogens with one attached hydrogen (secondary N) is 1. The number of ether oxygens (including phenoxy) is 5. The molecule has 0 aliphatic rings. The summed E-state index contributed by atoms with van der Waals surface area (Å²) in [6.07, 6.45) is -1.31. The number of carbonyl (C=O) groups excluding carboxylic acids is 5. The molecule has 1 atom stereocenters. The van der Waals surface area contributed by atoms with Gasteiger partial charge < -0.3 is 29.0 Å². The van der Waals surface area contributed by atoms with Gasteiger partial charge in [-0.25, -0.2) is 14.4 Å². The Labute approximate surface area is 179 Å². The van der Waals surface area contributed by atoms with Crippen LogP contribution in [-0.2, 0) is 38.1 Å². The molecule has 0 rings (SSSR count). The second kappa shape index (κ2) is 13.7. The van der Waals surface area contributed by atoms with Crippen molar-refractivity contribution in [3.63, 3.8) is 0 Å². The number of esters is 3. The Kier molecular flexibility index (Phi) is 12.5. The third-order valence-electron chi connectivity index (χ3n) is 3.28. The maximum absolute atomic E-state index is 12.5. The zero-order valence-corrected chi connectivity index (χ0v) is 18.8. The number of carbonyl (C=O) groups is 5. The molecular weight excluding hydrogens is 422 g/mol. The van der Waals surface area contributed by atoms with Gasteiger partial charge in [0.1, 0.15) is 6.04 Å². The third kappa shape index (κ3) is 11.5. The predicted octanol–water partition coefficient (Wildman–Crippen LogP) is 2.50. The van der Waals surface area contributed by atoms with Crippen molar-refractivity contribution in [2.75, 3.05) is 13.6 Å². The minimum Gasteiger partial charge on any atom is -0.461 e. The van der Waals surface area contributed by atoms with E-state index in [1.165, 1.54) is 13.8 Å².